The zero-order valence-corrected chi connectivity index (χ0v) is 4.91. The maximum Gasteiger partial charge on any atom is 0.345 e. The Morgan fingerprint density at radius 2 is 2.22 bits per heavy atom. The van der Waals surface area contributed by atoms with Crippen molar-refractivity contribution in [2.24, 2.45) is 11.7 Å². The van der Waals surface area contributed by atoms with Gasteiger partial charge in [-0.25, -0.2) is 4.79 Å². The summed E-state index contributed by atoms with van der Waals surface area (Å²) in [5.74, 6) is -0.721. The summed E-state index contributed by atoms with van der Waals surface area (Å²) in [4.78, 5) is 13.9. The molecule has 0 aromatic heterocycles. The van der Waals surface area contributed by atoms with Crippen molar-refractivity contribution in [2.75, 3.05) is 0 Å². The third-order valence-corrected chi connectivity index (χ3v) is 1.60. The topological polar surface area (TPSA) is 72.6 Å². The maximum absolute atomic E-state index is 10.4. The molecule has 0 aromatic carbocycles. The van der Waals surface area contributed by atoms with Crippen LogP contribution in [0.3, 0.4) is 0 Å². The van der Waals surface area contributed by atoms with Gasteiger partial charge in [-0.05, 0) is 12.8 Å². The van der Waals surface area contributed by atoms with Crippen LogP contribution in [0.5, 0.6) is 0 Å². The van der Waals surface area contributed by atoms with Gasteiger partial charge in [0.1, 0.15) is 0 Å². The molecule has 0 aromatic rings. The third kappa shape index (κ3) is 1.20. The lowest BCUT2D eigenvalue weighted by Crippen LogP contribution is -2.40. The Balaban J connectivity index is 2.23. The largest absolute Gasteiger partial charge is 0.345 e. The Morgan fingerprint density at radius 1 is 1.67 bits per heavy atom. The molecule has 1 saturated carbocycles. The minimum atomic E-state index is -0.559. The van der Waals surface area contributed by atoms with Crippen LogP contribution in [-0.2, 0) is 9.68 Å². The second-order valence-corrected chi connectivity index (χ2v) is 2.34. The van der Waals surface area contributed by atoms with Crippen LogP contribution >= 0.6 is 0 Å². The number of hydrogen-bond acceptors (Lipinski definition) is 4. The summed E-state index contributed by atoms with van der Waals surface area (Å²) in [6, 6.07) is 0.120. The molecule has 1 aliphatic rings. The van der Waals surface area contributed by atoms with Crippen molar-refractivity contribution in [1.29, 1.82) is 0 Å². The van der Waals surface area contributed by atoms with Gasteiger partial charge in [-0.1, -0.05) is 0 Å². The minimum Gasteiger partial charge on any atom is -0.328 e. The first-order valence-corrected chi connectivity index (χ1v) is 2.85. The summed E-state index contributed by atoms with van der Waals surface area (Å²) < 4.78 is 0. The standard InChI is InChI=1S/C5H9NO3/c6-4-1-3(2-4)5(7)9-8/h3-4,8H,1-2,6H2. The molecular weight excluding hydrogens is 122 g/mol. The van der Waals surface area contributed by atoms with E-state index in [2.05, 4.69) is 4.89 Å². The molecule has 0 saturated heterocycles. The summed E-state index contributed by atoms with van der Waals surface area (Å²) in [5.41, 5.74) is 5.37. The van der Waals surface area contributed by atoms with Crippen LogP contribution in [0.2, 0.25) is 0 Å². The van der Waals surface area contributed by atoms with Gasteiger partial charge in [0.25, 0.3) is 0 Å². The molecule has 4 heteroatoms. The van der Waals surface area contributed by atoms with Crippen LogP contribution in [0.15, 0.2) is 0 Å². The summed E-state index contributed by atoms with van der Waals surface area (Å²) in [6.45, 7) is 0. The van der Waals surface area contributed by atoms with Crippen LogP contribution in [0, 0.1) is 5.92 Å². The fourth-order valence-electron chi connectivity index (χ4n) is 0.929. The van der Waals surface area contributed by atoms with Gasteiger partial charge in [-0.2, -0.15) is 5.26 Å². The second kappa shape index (κ2) is 2.33. The normalized spacial score (nSPS) is 33.1. The molecule has 0 amide bonds. The van der Waals surface area contributed by atoms with Crippen molar-refractivity contribution in [3.05, 3.63) is 0 Å². The first-order chi connectivity index (χ1) is 4.24. The van der Waals surface area contributed by atoms with Gasteiger partial charge in [0.15, 0.2) is 0 Å². The molecule has 0 spiro atoms. The molecular formula is C5H9NO3. The second-order valence-electron chi connectivity index (χ2n) is 2.34. The highest BCUT2D eigenvalue weighted by Gasteiger charge is 2.33. The van der Waals surface area contributed by atoms with Crippen LogP contribution in [0.4, 0.5) is 0 Å². The molecule has 9 heavy (non-hydrogen) atoms. The first-order valence-electron chi connectivity index (χ1n) is 2.85. The van der Waals surface area contributed by atoms with E-state index in [1.807, 2.05) is 0 Å². The van der Waals surface area contributed by atoms with Gasteiger partial charge in [0, 0.05) is 6.04 Å². The molecule has 0 atom stereocenters. The van der Waals surface area contributed by atoms with Gasteiger partial charge in [-0.3, -0.25) is 0 Å². The molecule has 1 rings (SSSR count). The molecule has 0 unspecified atom stereocenters. The van der Waals surface area contributed by atoms with Crippen molar-refractivity contribution in [1.82, 2.24) is 0 Å². The van der Waals surface area contributed by atoms with Crippen molar-refractivity contribution in [2.45, 2.75) is 18.9 Å². The van der Waals surface area contributed by atoms with Crippen LogP contribution < -0.4 is 5.73 Å². The van der Waals surface area contributed by atoms with Crippen molar-refractivity contribution in [3.8, 4) is 0 Å². The zero-order valence-electron chi connectivity index (χ0n) is 4.91. The molecule has 52 valence electrons. The van der Waals surface area contributed by atoms with Crippen LogP contribution in [0.1, 0.15) is 12.8 Å². The van der Waals surface area contributed by atoms with E-state index in [4.69, 9.17) is 11.0 Å². The molecule has 1 aliphatic carbocycles. The summed E-state index contributed by atoms with van der Waals surface area (Å²) in [5, 5.41) is 7.87. The third-order valence-electron chi connectivity index (χ3n) is 1.60. The number of rotatable bonds is 1. The Morgan fingerprint density at radius 3 is 2.56 bits per heavy atom. The molecule has 0 bridgehead atoms. The SMILES string of the molecule is NC1CC(C(=O)OO)C1. The summed E-state index contributed by atoms with van der Waals surface area (Å²) in [7, 11) is 0. The number of hydrogen-bond donors (Lipinski definition) is 2. The fraction of sp³-hybridized carbons (Fsp3) is 0.800. The lowest BCUT2D eigenvalue weighted by Gasteiger charge is -2.28. The van der Waals surface area contributed by atoms with E-state index in [1.165, 1.54) is 0 Å². The van der Waals surface area contributed by atoms with E-state index >= 15 is 0 Å². The van der Waals surface area contributed by atoms with E-state index in [1.54, 1.807) is 0 Å². The van der Waals surface area contributed by atoms with Gasteiger partial charge in [0.2, 0.25) is 0 Å². The lowest BCUT2D eigenvalue weighted by molar-refractivity contribution is -0.241. The van der Waals surface area contributed by atoms with E-state index in [0.717, 1.165) is 0 Å². The quantitative estimate of drug-likeness (QED) is 0.380. The summed E-state index contributed by atoms with van der Waals surface area (Å²) in [6.07, 6.45) is 1.28. The maximum atomic E-state index is 10.4. The molecule has 0 radical (unpaired) electrons. The minimum absolute atomic E-state index is 0.120. The zero-order chi connectivity index (χ0) is 6.85. The van der Waals surface area contributed by atoms with Gasteiger partial charge in [-0.15, -0.1) is 0 Å². The molecule has 4 nitrogen and oxygen atoms in total. The van der Waals surface area contributed by atoms with Crippen molar-refractivity contribution in [3.63, 3.8) is 0 Å². The Bertz CT molecular complexity index is 119. The fourth-order valence-corrected chi connectivity index (χ4v) is 0.929. The Labute approximate surface area is 52.5 Å². The first kappa shape index (κ1) is 6.51. The molecule has 0 heterocycles. The highest BCUT2D eigenvalue weighted by molar-refractivity contribution is 5.72. The molecule has 1 fully saturated rings. The molecule has 3 N–H and O–H groups in total. The number of nitrogens with two attached hydrogens (primary N) is 1. The lowest BCUT2D eigenvalue weighted by atomic mass is 9.81. The van der Waals surface area contributed by atoms with Gasteiger partial charge >= 0.3 is 5.97 Å². The van der Waals surface area contributed by atoms with E-state index in [0.29, 0.717) is 12.8 Å². The van der Waals surface area contributed by atoms with Crippen molar-refractivity contribution >= 4 is 5.97 Å². The highest BCUT2D eigenvalue weighted by atomic mass is 17.1. The monoisotopic (exact) mass is 131 g/mol. The average Bonchev–Trinajstić information content (AvgIpc) is 1.79. The molecule has 0 aliphatic heterocycles. The van der Waals surface area contributed by atoms with Crippen molar-refractivity contribution < 1.29 is 14.9 Å². The van der Waals surface area contributed by atoms with Crippen LogP contribution in [0.25, 0.3) is 0 Å². The van der Waals surface area contributed by atoms with E-state index in [9.17, 15) is 4.79 Å². The van der Waals surface area contributed by atoms with E-state index in [-0.39, 0.29) is 12.0 Å². The Kier molecular flexibility index (Phi) is 1.68. The van der Waals surface area contributed by atoms with E-state index < -0.39 is 5.97 Å². The number of carbonyl (C=O) groups excluding carboxylic acids is 1. The predicted octanol–water partition coefficient (Wildman–Crippen LogP) is -0.260. The highest BCUT2D eigenvalue weighted by Crippen LogP contribution is 2.26. The van der Waals surface area contributed by atoms with Gasteiger partial charge < -0.3 is 10.6 Å². The smallest absolute Gasteiger partial charge is 0.328 e. The predicted molar refractivity (Wildman–Crippen MR) is 29.4 cm³/mol. The number of carbonyl (C=O) groups is 1. The summed E-state index contributed by atoms with van der Waals surface area (Å²) >= 11 is 0. The van der Waals surface area contributed by atoms with Crippen LogP contribution in [-0.4, -0.2) is 17.3 Å². The Hall–Kier alpha value is -0.610. The van der Waals surface area contributed by atoms with Gasteiger partial charge in [0.05, 0.1) is 5.92 Å². The average molecular weight is 131 g/mol.